The molecule has 0 atom stereocenters. The number of rotatable bonds is 2. The van der Waals surface area contributed by atoms with E-state index >= 15 is 0 Å². The first-order chi connectivity index (χ1) is 7.68. The summed E-state index contributed by atoms with van der Waals surface area (Å²) in [6, 6.07) is 8.37. The number of amides is 1. The second kappa shape index (κ2) is 4.02. The fourth-order valence-electron chi connectivity index (χ4n) is 1.46. The van der Waals surface area contributed by atoms with Crippen LogP contribution in [0.1, 0.15) is 10.4 Å². The predicted molar refractivity (Wildman–Crippen MR) is 59.9 cm³/mol. The number of pyridine rings is 1. The van der Waals surface area contributed by atoms with Gasteiger partial charge in [-0.3, -0.25) is 9.78 Å². The number of aromatic nitrogens is 1. The lowest BCUT2D eigenvalue weighted by molar-refractivity contribution is 0.0998. The van der Waals surface area contributed by atoms with Crippen LogP contribution in [0.3, 0.4) is 0 Å². The smallest absolute Gasteiger partial charge is 0.252 e. The number of hydrogen-bond donors (Lipinski definition) is 2. The van der Waals surface area contributed by atoms with E-state index in [4.69, 9.17) is 5.73 Å². The monoisotopic (exact) mass is 214 g/mol. The summed E-state index contributed by atoms with van der Waals surface area (Å²) >= 11 is 0. The molecule has 0 aliphatic carbocycles. The molecule has 0 saturated heterocycles. The van der Waals surface area contributed by atoms with Crippen molar-refractivity contribution in [1.29, 1.82) is 0 Å². The number of nitrogens with zero attached hydrogens (tertiary/aromatic N) is 1. The Morgan fingerprint density at radius 2 is 1.81 bits per heavy atom. The number of hydrogen-bond acceptors (Lipinski definition) is 3. The standard InChI is InChI=1S/C12H10N2O2/c13-12(16)10-7-9(1-2-11(10)15)8-3-5-14-6-4-8/h1-7,15H,(H2,13,16). The molecule has 1 amide bonds. The lowest BCUT2D eigenvalue weighted by atomic mass is 10.0. The number of phenols is 1. The molecule has 0 fully saturated rings. The largest absolute Gasteiger partial charge is 0.507 e. The van der Waals surface area contributed by atoms with E-state index in [1.165, 1.54) is 6.07 Å². The Kier molecular flexibility index (Phi) is 2.55. The summed E-state index contributed by atoms with van der Waals surface area (Å²) in [6.45, 7) is 0. The van der Waals surface area contributed by atoms with Gasteiger partial charge in [0.05, 0.1) is 5.56 Å². The SMILES string of the molecule is NC(=O)c1cc(-c2ccncc2)ccc1O. The number of primary amides is 1. The molecule has 0 aliphatic rings. The molecule has 1 heterocycles. The van der Waals surface area contributed by atoms with Crippen LogP contribution in [-0.2, 0) is 0 Å². The Labute approximate surface area is 92.4 Å². The summed E-state index contributed by atoms with van der Waals surface area (Å²) < 4.78 is 0. The van der Waals surface area contributed by atoms with Crippen molar-refractivity contribution in [3.63, 3.8) is 0 Å². The van der Waals surface area contributed by atoms with Gasteiger partial charge in [-0.15, -0.1) is 0 Å². The van der Waals surface area contributed by atoms with Crippen molar-refractivity contribution < 1.29 is 9.90 Å². The molecule has 80 valence electrons. The van der Waals surface area contributed by atoms with Crippen molar-refractivity contribution in [2.75, 3.05) is 0 Å². The van der Waals surface area contributed by atoms with E-state index in [0.29, 0.717) is 0 Å². The van der Waals surface area contributed by atoms with E-state index in [9.17, 15) is 9.90 Å². The van der Waals surface area contributed by atoms with Gasteiger partial charge in [0, 0.05) is 12.4 Å². The van der Waals surface area contributed by atoms with E-state index in [2.05, 4.69) is 4.98 Å². The summed E-state index contributed by atoms with van der Waals surface area (Å²) in [5.41, 5.74) is 7.00. The Balaban J connectivity index is 2.52. The molecule has 16 heavy (non-hydrogen) atoms. The summed E-state index contributed by atoms with van der Waals surface area (Å²) in [4.78, 5) is 15.0. The summed E-state index contributed by atoms with van der Waals surface area (Å²) in [6.07, 6.45) is 3.32. The minimum Gasteiger partial charge on any atom is -0.507 e. The first-order valence-electron chi connectivity index (χ1n) is 4.71. The lowest BCUT2D eigenvalue weighted by Crippen LogP contribution is -2.11. The summed E-state index contributed by atoms with van der Waals surface area (Å²) in [7, 11) is 0. The Morgan fingerprint density at radius 1 is 1.12 bits per heavy atom. The van der Waals surface area contributed by atoms with Crippen LogP contribution in [0.5, 0.6) is 5.75 Å². The van der Waals surface area contributed by atoms with Gasteiger partial charge in [0.25, 0.3) is 5.91 Å². The van der Waals surface area contributed by atoms with Crippen LogP contribution in [0.2, 0.25) is 0 Å². The van der Waals surface area contributed by atoms with Gasteiger partial charge in [0.15, 0.2) is 0 Å². The predicted octanol–water partition coefficient (Wildman–Crippen LogP) is 1.55. The zero-order chi connectivity index (χ0) is 11.5. The third-order valence-electron chi connectivity index (χ3n) is 2.28. The average Bonchev–Trinajstić information content (AvgIpc) is 2.30. The molecular weight excluding hydrogens is 204 g/mol. The maximum absolute atomic E-state index is 11.1. The molecule has 0 aliphatic heterocycles. The highest BCUT2D eigenvalue weighted by Gasteiger charge is 2.08. The van der Waals surface area contributed by atoms with E-state index in [1.54, 1.807) is 24.5 Å². The molecule has 0 radical (unpaired) electrons. The highest BCUT2D eigenvalue weighted by atomic mass is 16.3. The maximum Gasteiger partial charge on any atom is 0.252 e. The Morgan fingerprint density at radius 3 is 2.44 bits per heavy atom. The topological polar surface area (TPSA) is 76.2 Å². The summed E-state index contributed by atoms with van der Waals surface area (Å²) in [5.74, 6) is -0.751. The Hall–Kier alpha value is -2.36. The highest BCUT2D eigenvalue weighted by molar-refractivity contribution is 5.96. The molecule has 1 aromatic carbocycles. The van der Waals surface area contributed by atoms with Gasteiger partial charge in [0.2, 0.25) is 0 Å². The first kappa shape index (κ1) is 10.2. The van der Waals surface area contributed by atoms with Crippen LogP contribution >= 0.6 is 0 Å². The van der Waals surface area contributed by atoms with E-state index in [1.807, 2.05) is 12.1 Å². The van der Waals surface area contributed by atoms with E-state index in [-0.39, 0.29) is 11.3 Å². The van der Waals surface area contributed by atoms with Crippen molar-refractivity contribution >= 4 is 5.91 Å². The molecule has 0 spiro atoms. The second-order valence-electron chi connectivity index (χ2n) is 3.33. The number of benzene rings is 1. The number of nitrogens with two attached hydrogens (primary N) is 1. The zero-order valence-corrected chi connectivity index (χ0v) is 8.42. The van der Waals surface area contributed by atoms with Crippen LogP contribution < -0.4 is 5.73 Å². The molecule has 0 saturated carbocycles. The fraction of sp³-hybridized carbons (Fsp3) is 0. The molecule has 2 rings (SSSR count). The zero-order valence-electron chi connectivity index (χ0n) is 8.42. The molecular formula is C12H10N2O2. The molecule has 4 heteroatoms. The minimum atomic E-state index is -0.645. The minimum absolute atomic E-state index is 0.106. The first-order valence-corrected chi connectivity index (χ1v) is 4.71. The Bertz CT molecular complexity index is 524. The van der Waals surface area contributed by atoms with Crippen LogP contribution in [-0.4, -0.2) is 16.0 Å². The molecule has 0 bridgehead atoms. The fourth-order valence-corrected chi connectivity index (χ4v) is 1.46. The molecule has 2 aromatic rings. The number of carbonyl (C=O) groups excluding carboxylic acids is 1. The van der Waals surface area contributed by atoms with Gasteiger partial charge in [0.1, 0.15) is 5.75 Å². The van der Waals surface area contributed by atoms with Gasteiger partial charge in [-0.2, -0.15) is 0 Å². The van der Waals surface area contributed by atoms with Crippen LogP contribution in [0, 0.1) is 0 Å². The number of aromatic hydroxyl groups is 1. The highest BCUT2D eigenvalue weighted by Crippen LogP contribution is 2.25. The molecule has 3 N–H and O–H groups in total. The average molecular weight is 214 g/mol. The van der Waals surface area contributed by atoms with Crippen LogP contribution in [0.15, 0.2) is 42.7 Å². The van der Waals surface area contributed by atoms with E-state index in [0.717, 1.165) is 11.1 Å². The molecule has 4 nitrogen and oxygen atoms in total. The van der Waals surface area contributed by atoms with Gasteiger partial charge in [-0.05, 0) is 35.4 Å². The summed E-state index contributed by atoms with van der Waals surface area (Å²) in [5, 5.41) is 9.44. The van der Waals surface area contributed by atoms with Gasteiger partial charge in [-0.25, -0.2) is 0 Å². The van der Waals surface area contributed by atoms with Gasteiger partial charge >= 0.3 is 0 Å². The third kappa shape index (κ3) is 1.86. The van der Waals surface area contributed by atoms with Crippen molar-refractivity contribution in [3.05, 3.63) is 48.3 Å². The van der Waals surface area contributed by atoms with Gasteiger partial charge < -0.3 is 10.8 Å². The lowest BCUT2D eigenvalue weighted by Gasteiger charge is -2.04. The van der Waals surface area contributed by atoms with E-state index < -0.39 is 5.91 Å². The van der Waals surface area contributed by atoms with Crippen LogP contribution in [0.25, 0.3) is 11.1 Å². The van der Waals surface area contributed by atoms with Crippen molar-refractivity contribution in [2.24, 2.45) is 5.73 Å². The van der Waals surface area contributed by atoms with Crippen molar-refractivity contribution in [2.45, 2.75) is 0 Å². The number of carbonyl (C=O) groups is 1. The molecule has 1 aromatic heterocycles. The second-order valence-corrected chi connectivity index (χ2v) is 3.33. The normalized spacial score (nSPS) is 10.0. The van der Waals surface area contributed by atoms with Crippen molar-refractivity contribution in [3.8, 4) is 16.9 Å². The third-order valence-corrected chi connectivity index (χ3v) is 2.28. The van der Waals surface area contributed by atoms with Crippen molar-refractivity contribution in [1.82, 2.24) is 4.98 Å². The molecule has 0 unspecified atom stereocenters. The maximum atomic E-state index is 11.1. The van der Waals surface area contributed by atoms with Crippen LogP contribution in [0.4, 0.5) is 0 Å². The van der Waals surface area contributed by atoms with Gasteiger partial charge in [-0.1, -0.05) is 6.07 Å². The quantitative estimate of drug-likeness (QED) is 0.796.